The largest absolute Gasteiger partial charge is 0.616 e. The van der Waals surface area contributed by atoms with Crippen LogP contribution in [0.4, 0.5) is 0 Å². The Kier molecular flexibility index (Phi) is 3.89. The molecule has 0 amide bonds. The third kappa shape index (κ3) is 3.37. The zero-order valence-corrected chi connectivity index (χ0v) is 9.71. The van der Waals surface area contributed by atoms with E-state index >= 15 is 0 Å². The monoisotopic (exact) mass is 226 g/mol. The van der Waals surface area contributed by atoms with Crippen LogP contribution in [0.25, 0.3) is 0 Å². The Morgan fingerprint density at radius 3 is 2.80 bits per heavy atom. The summed E-state index contributed by atoms with van der Waals surface area (Å²) < 4.78 is 11.9. The summed E-state index contributed by atoms with van der Waals surface area (Å²) in [5, 5.41) is 9.00. The molecule has 1 N–H and O–H groups in total. The Bertz CT molecular complexity index is 269. The fourth-order valence-electron chi connectivity index (χ4n) is 1.79. The number of rotatable bonds is 5. The molecule has 3 heteroatoms. The topological polar surface area (TPSA) is 43.3 Å². The quantitative estimate of drug-likeness (QED) is 0.726. The summed E-state index contributed by atoms with van der Waals surface area (Å²) in [5.74, 6) is 1.63. The third-order valence-corrected chi connectivity index (χ3v) is 4.80. The van der Waals surface area contributed by atoms with Crippen LogP contribution in [0.5, 0.6) is 0 Å². The standard InChI is InChI=1S/C12H18O2S/c13-8-7-10-3-5-12(6-4-10)15(14)9-11-1-2-11/h3-5,11-13H,1-2,6-9H2. The molecule has 84 valence electrons. The molecule has 2 aliphatic carbocycles. The number of aliphatic hydroxyl groups excluding tert-OH is 1. The van der Waals surface area contributed by atoms with E-state index < -0.39 is 11.2 Å². The first-order valence-corrected chi connectivity index (χ1v) is 7.03. The lowest BCUT2D eigenvalue weighted by atomic mass is 10.0. The molecule has 2 rings (SSSR count). The second-order valence-corrected chi connectivity index (χ2v) is 6.08. The van der Waals surface area contributed by atoms with Gasteiger partial charge in [0, 0.05) is 18.9 Å². The molecule has 0 aromatic carbocycles. The molecule has 0 aromatic heterocycles. The van der Waals surface area contributed by atoms with Gasteiger partial charge in [0.05, 0.1) is 0 Å². The molecule has 0 radical (unpaired) electrons. The number of hydrogen-bond donors (Lipinski definition) is 1. The Morgan fingerprint density at radius 1 is 1.47 bits per heavy atom. The molecule has 2 nitrogen and oxygen atoms in total. The molecule has 2 unspecified atom stereocenters. The van der Waals surface area contributed by atoms with Gasteiger partial charge in [-0.3, -0.25) is 0 Å². The molecule has 0 heterocycles. The number of allylic oxidation sites excluding steroid dienone is 2. The van der Waals surface area contributed by atoms with Crippen molar-refractivity contribution in [3.8, 4) is 0 Å². The van der Waals surface area contributed by atoms with Crippen molar-refractivity contribution in [2.24, 2.45) is 5.92 Å². The van der Waals surface area contributed by atoms with Crippen molar-refractivity contribution in [2.45, 2.75) is 30.9 Å². The van der Waals surface area contributed by atoms with Crippen LogP contribution in [0.15, 0.2) is 23.8 Å². The normalized spacial score (nSPS) is 27.6. The molecule has 0 spiro atoms. The smallest absolute Gasteiger partial charge is 0.137 e. The van der Waals surface area contributed by atoms with Crippen molar-refractivity contribution in [1.29, 1.82) is 0 Å². The van der Waals surface area contributed by atoms with E-state index in [9.17, 15) is 4.55 Å². The van der Waals surface area contributed by atoms with Gasteiger partial charge in [-0.1, -0.05) is 12.2 Å². The van der Waals surface area contributed by atoms with Crippen molar-refractivity contribution in [1.82, 2.24) is 0 Å². The third-order valence-electron chi connectivity index (χ3n) is 2.97. The molecule has 0 aliphatic heterocycles. The van der Waals surface area contributed by atoms with Gasteiger partial charge >= 0.3 is 0 Å². The van der Waals surface area contributed by atoms with Gasteiger partial charge < -0.3 is 9.66 Å². The number of hydrogen-bond acceptors (Lipinski definition) is 2. The van der Waals surface area contributed by atoms with Gasteiger partial charge in [-0.05, 0) is 42.1 Å². The van der Waals surface area contributed by atoms with E-state index in [4.69, 9.17) is 5.11 Å². The van der Waals surface area contributed by atoms with Crippen LogP contribution in [0, 0.1) is 5.92 Å². The van der Waals surface area contributed by atoms with Crippen molar-refractivity contribution in [3.63, 3.8) is 0 Å². The summed E-state index contributed by atoms with van der Waals surface area (Å²) in [6, 6.07) is 0. The minimum Gasteiger partial charge on any atom is -0.616 e. The second kappa shape index (κ2) is 5.19. The van der Waals surface area contributed by atoms with E-state index in [1.165, 1.54) is 18.4 Å². The van der Waals surface area contributed by atoms with Crippen molar-refractivity contribution in [3.05, 3.63) is 23.8 Å². The molecular weight excluding hydrogens is 208 g/mol. The van der Waals surface area contributed by atoms with Crippen LogP contribution < -0.4 is 0 Å². The maximum Gasteiger partial charge on any atom is 0.137 e. The minimum absolute atomic E-state index is 0.200. The fourth-order valence-corrected chi connectivity index (χ4v) is 3.40. The first kappa shape index (κ1) is 11.2. The first-order chi connectivity index (χ1) is 7.29. The predicted octanol–water partition coefficient (Wildman–Crippen LogP) is 1.78. The van der Waals surface area contributed by atoms with E-state index in [0.717, 1.165) is 24.5 Å². The van der Waals surface area contributed by atoms with E-state index in [2.05, 4.69) is 12.2 Å². The SMILES string of the molecule is [O-][S+](CC1CC1)C1C=CC(CCO)=CC1. The van der Waals surface area contributed by atoms with Gasteiger partial charge in [0.1, 0.15) is 11.0 Å². The Labute approximate surface area is 94.3 Å². The lowest BCUT2D eigenvalue weighted by Gasteiger charge is -2.20. The predicted molar refractivity (Wildman–Crippen MR) is 63.1 cm³/mol. The van der Waals surface area contributed by atoms with Crippen LogP contribution in [0.1, 0.15) is 25.7 Å². The summed E-state index contributed by atoms with van der Waals surface area (Å²) in [7, 11) is 0. The van der Waals surface area contributed by atoms with E-state index in [0.29, 0.717) is 0 Å². The van der Waals surface area contributed by atoms with Crippen LogP contribution in [-0.2, 0) is 11.2 Å². The van der Waals surface area contributed by atoms with Crippen molar-refractivity contribution < 1.29 is 9.66 Å². The van der Waals surface area contributed by atoms with Crippen LogP contribution in [-0.4, -0.2) is 27.3 Å². The molecule has 2 atom stereocenters. The molecule has 0 saturated heterocycles. The molecule has 0 bridgehead atoms. The average Bonchev–Trinajstić information content (AvgIpc) is 3.03. The van der Waals surface area contributed by atoms with E-state index in [1.807, 2.05) is 6.08 Å². The van der Waals surface area contributed by atoms with Gasteiger partial charge in [-0.25, -0.2) is 0 Å². The Balaban J connectivity index is 1.79. The van der Waals surface area contributed by atoms with Crippen molar-refractivity contribution in [2.75, 3.05) is 12.4 Å². The van der Waals surface area contributed by atoms with Gasteiger partial charge in [-0.2, -0.15) is 0 Å². The van der Waals surface area contributed by atoms with Gasteiger partial charge in [0.25, 0.3) is 0 Å². The highest BCUT2D eigenvalue weighted by Gasteiger charge is 2.30. The molecule has 0 aromatic rings. The molecule has 1 saturated carbocycles. The summed E-state index contributed by atoms with van der Waals surface area (Å²) in [4.78, 5) is 0. The molecule has 1 fully saturated rings. The zero-order chi connectivity index (χ0) is 10.7. The fraction of sp³-hybridized carbons (Fsp3) is 0.667. The lowest BCUT2D eigenvalue weighted by molar-refractivity contribution is 0.300. The van der Waals surface area contributed by atoms with Crippen molar-refractivity contribution >= 4 is 11.2 Å². The highest BCUT2D eigenvalue weighted by Crippen LogP contribution is 2.32. The molecule has 2 aliphatic rings. The molecule has 15 heavy (non-hydrogen) atoms. The maximum atomic E-state index is 11.9. The average molecular weight is 226 g/mol. The lowest BCUT2D eigenvalue weighted by Crippen LogP contribution is -2.24. The summed E-state index contributed by atoms with van der Waals surface area (Å²) in [6.45, 7) is 0.200. The maximum absolute atomic E-state index is 11.9. The summed E-state index contributed by atoms with van der Waals surface area (Å²) in [6.07, 6.45) is 10.3. The Morgan fingerprint density at radius 2 is 2.27 bits per heavy atom. The second-order valence-electron chi connectivity index (χ2n) is 4.38. The minimum atomic E-state index is -0.687. The number of aliphatic hydroxyl groups is 1. The zero-order valence-electron chi connectivity index (χ0n) is 8.89. The van der Waals surface area contributed by atoms with Gasteiger partial charge in [-0.15, -0.1) is 0 Å². The molecular formula is C12H18O2S. The van der Waals surface area contributed by atoms with E-state index in [1.54, 1.807) is 0 Å². The summed E-state index contributed by atoms with van der Waals surface area (Å²) >= 11 is -0.687. The highest BCUT2D eigenvalue weighted by atomic mass is 32.2. The Hall–Kier alpha value is -0.250. The van der Waals surface area contributed by atoms with Gasteiger partial charge in [0.15, 0.2) is 0 Å². The van der Waals surface area contributed by atoms with E-state index in [-0.39, 0.29) is 11.9 Å². The highest BCUT2D eigenvalue weighted by molar-refractivity contribution is 7.92. The first-order valence-electron chi connectivity index (χ1n) is 5.65. The summed E-state index contributed by atoms with van der Waals surface area (Å²) in [5.41, 5.74) is 1.18. The van der Waals surface area contributed by atoms with Crippen LogP contribution >= 0.6 is 0 Å². The van der Waals surface area contributed by atoms with Crippen LogP contribution in [0.2, 0.25) is 0 Å². The van der Waals surface area contributed by atoms with Crippen LogP contribution in [0.3, 0.4) is 0 Å². The van der Waals surface area contributed by atoms with Gasteiger partial charge in [0.2, 0.25) is 0 Å².